The fourth-order valence-corrected chi connectivity index (χ4v) is 5.06. The van der Waals surface area contributed by atoms with E-state index >= 15 is 0 Å². The number of aryl methyl sites for hydroxylation is 2. The van der Waals surface area contributed by atoms with E-state index < -0.39 is 48.0 Å². The van der Waals surface area contributed by atoms with E-state index in [-0.39, 0.29) is 47.1 Å². The largest absolute Gasteiger partial charge is 0.572 e. The molecule has 44 heavy (non-hydrogen) atoms. The molecule has 1 amide bonds. The number of hydrogen-bond donors (Lipinski definition) is 3. The molecule has 0 bridgehead atoms. The van der Waals surface area contributed by atoms with Gasteiger partial charge in [-0.25, -0.2) is 9.79 Å². The molecular weight excluding hydrogens is 633 g/mol. The van der Waals surface area contributed by atoms with Gasteiger partial charge in [0.15, 0.2) is 6.73 Å². The number of nitrogens with one attached hydrogen (secondary N) is 2. The Labute approximate surface area is 258 Å². The van der Waals surface area contributed by atoms with Gasteiger partial charge in [-0.15, -0.1) is 13.2 Å². The average molecular weight is 665 g/mol. The van der Waals surface area contributed by atoms with E-state index in [0.29, 0.717) is 22.6 Å². The Hall–Kier alpha value is -3.54. The number of carbonyl (C=O) groups is 2. The maximum Gasteiger partial charge on any atom is 0.572 e. The normalized spacial score (nSPS) is 15.1. The Morgan fingerprint density at radius 3 is 2.52 bits per heavy atom. The molecular formula is C26H32ClF3N6O7S. The molecule has 0 saturated carbocycles. The number of amides is 1. The summed E-state index contributed by atoms with van der Waals surface area (Å²) in [4.78, 5) is 56.7. The first-order valence-corrected chi connectivity index (χ1v) is 14.5. The van der Waals surface area contributed by atoms with Gasteiger partial charge in [0.25, 0.3) is 5.56 Å². The van der Waals surface area contributed by atoms with Crippen LogP contribution < -0.4 is 27.2 Å². The van der Waals surface area contributed by atoms with Crippen molar-refractivity contribution in [3.63, 3.8) is 0 Å². The summed E-state index contributed by atoms with van der Waals surface area (Å²) in [6, 6.07) is -0.866. The van der Waals surface area contributed by atoms with E-state index in [0.717, 1.165) is 16.5 Å². The number of carbonyl (C=O) groups excluding carboxylic acids is 2. The number of nitrogens with two attached hydrogens (primary N) is 1. The van der Waals surface area contributed by atoms with Crippen molar-refractivity contribution in [1.82, 2.24) is 19.4 Å². The molecule has 1 aliphatic rings. The summed E-state index contributed by atoms with van der Waals surface area (Å²) in [7, 11) is 2.77. The van der Waals surface area contributed by atoms with Gasteiger partial charge in [-0.3, -0.25) is 28.9 Å². The van der Waals surface area contributed by atoms with Gasteiger partial charge in [-0.05, 0) is 30.9 Å². The van der Waals surface area contributed by atoms with Gasteiger partial charge in [0.05, 0.1) is 22.9 Å². The average Bonchev–Trinajstić information content (AvgIpc) is 3.27. The minimum atomic E-state index is -4.90. The summed E-state index contributed by atoms with van der Waals surface area (Å²) in [6.07, 6.45) is -3.92. The Bertz CT molecular complexity index is 1640. The lowest BCUT2D eigenvalue weighted by atomic mass is 10.00. The van der Waals surface area contributed by atoms with Crippen molar-refractivity contribution in [2.45, 2.75) is 52.4 Å². The highest BCUT2D eigenvalue weighted by molar-refractivity contribution is 7.98. The number of alkyl halides is 3. The van der Waals surface area contributed by atoms with Crippen molar-refractivity contribution in [3.05, 3.63) is 54.6 Å². The van der Waals surface area contributed by atoms with Crippen molar-refractivity contribution in [2.75, 3.05) is 12.5 Å². The third kappa shape index (κ3) is 8.55. The quantitative estimate of drug-likeness (QED) is 0.101. The molecule has 242 valence electrons. The standard InChI is InChI=1S/C26H32ClF3N6O7S/c1-12(2)21(31)24(39)41-11-32-17(14-6-7-18(16(27)8-14)43-26(28,29)30)10-44-34-33-19(37)9-15-13(3)42-23-20(15)22(38)35(4)25(40)36(23)5/h8,12,21,34H,6-7,9-11,31H2,1-5H3,(H,33,37). The maximum atomic E-state index is 12.7. The van der Waals surface area contributed by atoms with Crippen molar-refractivity contribution in [2.24, 2.45) is 30.7 Å². The summed E-state index contributed by atoms with van der Waals surface area (Å²) in [5, 5.41) is -0.146. The summed E-state index contributed by atoms with van der Waals surface area (Å²) in [5.41, 5.74) is 8.25. The van der Waals surface area contributed by atoms with Crippen molar-refractivity contribution >= 4 is 52.2 Å². The predicted molar refractivity (Wildman–Crippen MR) is 157 cm³/mol. The van der Waals surface area contributed by atoms with Gasteiger partial charge in [0.2, 0.25) is 11.6 Å². The molecule has 4 N–H and O–H groups in total. The van der Waals surface area contributed by atoms with Gasteiger partial charge < -0.3 is 19.6 Å². The third-order valence-corrected chi connectivity index (χ3v) is 7.63. The molecule has 2 heterocycles. The fourth-order valence-electron chi connectivity index (χ4n) is 4.12. The number of allylic oxidation sites excluding steroid dienone is 4. The zero-order valence-corrected chi connectivity index (χ0v) is 26.0. The molecule has 1 aliphatic carbocycles. The Morgan fingerprint density at radius 1 is 1.23 bits per heavy atom. The highest BCUT2D eigenvalue weighted by atomic mass is 35.5. The number of hydrogen-bond acceptors (Lipinski definition) is 11. The smallest absolute Gasteiger partial charge is 0.444 e. The van der Waals surface area contributed by atoms with Crippen LogP contribution in [-0.4, -0.2) is 51.6 Å². The van der Waals surface area contributed by atoms with Crippen molar-refractivity contribution in [3.8, 4) is 0 Å². The molecule has 0 spiro atoms. The number of ether oxygens (including phenoxy) is 2. The maximum absolute atomic E-state index is 12.7. The number of halogens is 4. The van der Waals surface area contributed by atoms with Crippen molar-refractivity contribution < 1.29 is 36.7 Å². The van der Waals surface area contributed by atoms with Crippen LogP contribution in [0.3, 0.4) is 0 Å². The number of aromatic nitrogens is 2. The SMILES string of the molecule is Cc1oc2c(c1CC(=O)NNSCC(=NCOC(=O)C(N)C(C)C)C1=CC(Cl)=C(OC(F)(F)F)CC1)c(=O)n(C)c(=O)n2C. The number of nitrogens with zero attached hydrogens (tertiary/aromatic N) is 3. The lowest BCUT2D eigenvalue weighted by Gasteiger charge is -2.20. The molecule has 1 unspecified atom stereocenters. The first-order valence-electron chi connectivity index (χ1n) is 13.2. The molecule has 3 rings (SSSR count). The van der Waals surface area contributed by atoms with Crippen LogP contribution in [0.1, 0.15) is 38.0 Å². The molecule has 2 aromatic rings. The Balaban J connectivity index is 1.70. The summed E-state index contributed by atoms with van der Waals surface area (Å²) < 4.78 is 54.9. The van der Waals surface area contributed by atoms with E-state index in [4.69, 9.17) is 26.5 Å². The van der Waals surface area contributed by atoms with E-state index in [2.05, 4.69) is 20.0 Å². The molecule has 2 aromatic heterocycles. The van der Waals surface area contributed by atoms with Crippen LogP contribution in [0.15, 0.2) is 41.4 Å². The minimum absolute atomic E-state index is 0.0499. The Morgan fingerprint density at radius 2 is 1.91 bits per heavy atom. The van der Waals surface area contributed by atoms with Gasteiger partial charge in [0.1, 0.15) is 22.9 Å². The Kier molecular flexibility index (Phi) is 11.5. The second kappa shape index (κ2) is 14.5. The topological polar surface area (TPSA) is 172 Å². The molecule has 0 saturated heterocycles. The first kappa shape index (κ1) is 34.9. The van der Waals surface area contributed by atoms with Crippen LogP contribution in [0.5, 0.6) is 0 Å². The lowest BCUT2D eigenvalue weighted by molar-refractivity contribution is -0.306. The molecule has 18 heteroatoms. The zero-order chi connectivity index (χ0) is 32.9. The molecule has 0 radical (unpaired) electrons. The highest BCUT2D eigenvalue weighted by Crippen LogP contribution is 2.33. The summed E-state index contributed by atoms with van der Waals surface area (Å²) in [5.74, 6) is -1.46. The number of esters is 1. The molecule has 0 aromatic carbocycles. The van der Waals surface area contributed by atoms with Crippen molar-refractivity contribution in [1.29, 1.82) is 0 Å². The van der Waals surface area contributed by atoms with Gasteiger partial charge in [-0.2, -0.15) is 4.83 Å². The first-order chi connectivity index (χ1) is 20.5. The summed E-state index contributed by atoms with van der Waals surface area (Å²) >= 11 is 7.02. The molecule has 0 aliphatic heterocycles. The van der Waals surface area contributed by atoms with Gasteiger partial charge in [0, 0.05) is 26.1 Å². The summed E-state index contributed by atoms with van der Waals surface area (Å²) in [6.45, 7) is 4.66. The van der Waals surface area contributed by atoms with Crippen LogP contribution in [0.4, 0.5) is 13.2 Å². The van der Waals surface area contributed by atoms with Crippen LogP contribution in [0.25, 0.3) is 11.1 Å². The fraction of sp³-hybridized carbons (Fsp3) is 0.500. The monoisotopic (exact) mass is 664 g/mol. The second-order valence-electron chi connectivity index (χ2n) is 10.1. The van der Waals surface area contributed by atoms with Crippen LogP contribution in [-0.2, 0) is 39.6 Å². The van der Waals surface area contributed by atoms with Gasteiger partial charge in [-0.1, -0.05) is 37.4 Å². The molecule has 13 nitrogen and oxygen atoms in total. The minimum Gasteiger partial charge on any atom is -0.444 e. The molecule has 1 atom stereocenters. The second-order valence-corrected chi connectivity index (χ2v) is 11.3. The van der Waals surface area contributed by atoms with Crippen LogP contribution in [0.2, 0.25) is 0 Å². The number of hydrazine groups is 1. The zero-order valence-electron chi connectivity index (χ0n) is 24.5. The van der Waals surface area contributed by atoms with E-state index in [9.17, 15) is 32.3 Å². The number of aliphatic imine (C=N–C) groups is 1. The van der Waals surface area contributed by atoms with E-state index in [1.807, 2.05) is 0 Å². The predicted octanol–water partition coefficient (Wildman–Crippen LogP) is 2.58. The third-order valence-electron chi connectivity index (χ3n) is 6.65. The van der Waals surface area contributed by atoms with Crippen LogP contribution in [0, 0.1) is 12.8 Å². The number of furan rings is 1. The van der Waals surface area contributed by atoms with E-state index in [1.165, 1.54) is 24.7 Å². The van der Waals surface area contributed by atoms with Crippen LogP contribution >= 0.6 is 23.5 Å². The van der Waals surface area contributed by atoms with E-state index in [1.54, 1.807) is 20.8 Å². The van der Waals surface area contributed by atoms with Gasteiger partial charge >= 0.3 is 18.0 Å². The number of rotatable bonds is 12. The highest BCUT2D eigenvalue weighted by Gasteiger charge is 2.34. The lowest BCUT2D eigenvalue weighted by Crippen LogP contribution is -2.37. The molecule has 0 fully saturated rings. The number of fused-ring (bicyclic) bond motifs is 1.